The monoisotopic (exact) mass is 383 g/mol. The summed E-state index contributed by atoms with van der Waals surface area (Å²) >= 11 is 0. The van der Waals surface area contributed by atoms with Gasteiger partial charge in [0.2, 0.25) is 0 Å². The van der Waals surface area contributed by atoms with E-state index in [0.29, 0.717) is 26.2 Å². The molecular formula is C22H41NO4. The van der Waals surface area contributed by atoms with Gasteiger partial charge in [0.05, 0.1) is 13.2 Å². The molecule has 27 heavy (non-hydrogen) atoms. The summed E-state index contributed by atoms with van der Waals surface area (Å²) < 4.78 is 10.7. The van der Waals surface area contributed by atoms with Gasteiger partial charge >= 0.3 is 12.1 Å². The Bertz CT molecular complexity index is 400. The van der Waals surface area contributed by atoms with Crippen LogP contribution in [0.5, 0.6) is 0 Å². The molecule has 0 aromatic heterocycles. The highest BCUT2D eigenvalue weighted by Gasteiger charge is 2.34. The highest BCUT2D eigenvalue weighted by molar-refractivity contribution is 5.81. The van der Waals surface area contributed by atoms with E-state index in [1.807, 2.05) is 6.92 Å². The molecule has 0 aromatic rings. The van der Waals surface area contributed by atoms with Crippen LogP contribution in [0.1, 0.15) is 104 Å². The van der Waals surface area contributed by atoms with Gasteiger partial charge in [0.15, 0.2) is 0 Å². The summed E-state index contributed by atoms with van der Waals surface area (Å²) in [4.78, 5) is 26.1. The van der Waals surface area contributed by atoms with Crippen molar-refractivity contribution in [1.82, 2.24) is 4.90 Å². The first kappa shape index (κ1) is 23.8. The van der Waals surface area contributed by atoms with Gasteiger partial charge in [0, 0.05) is 6.54 Å². The average molecular weight is 384 g/mol. The summed E-state index contributed by atoms with van der Waals surface area (Å²) in [5.74, 6) is -0.265. The van der Waals surface area contributed by atoms with Gasteiger partial charge in [-0.05, 0) is 32.1 Å². The normalized spacial score (nSPS) is 17.0. The minimum Gasteiger partial charge on any atom is -0.464 e. The van der Waals surface area contributed by atoms with Crippen molar-refractivity contribution in [2.45, 2.75) is 110 Å². The van der Waals surface area contributed by atoms with Crippen molar-refractivity contribution in [2.75, 3.05) is 19.8 Å². The topological polar surface area (TPSA) is 55.8 Å². The van der Waals surface area contributed by atoms with E-state index in [9.17, 15) is 9.59 Å². The number of carbonyl (C=O) groups excluding carboxylic acids is 2. The van der Waals surface area contributed by atoms with Crippen LogP contribution in [0, 0.1) is 0 Å². The van der Waals surface area contributed by atoms with Crippen LogP contribution in [0.3, 0.4) is 0 Å². The Balaban J connectivity index is 2.11. The quantitative estimate of drug-likeness (QED) is 0.279. The minimum absolute atomic E-state index is 0.265. The Morgan fingerprint density at radius 3 is 2.04 bits per heavy atom. The SMILES string of the molecule is CCCCCCCCCCCCOC(=O)C1CCCCN1C(=O)OCCC. The molecule has 5 nitrogen and oxygen atoms in total. The van der Waals surface area contributed by atoms with Gasteiger partial charge in [0.25, 0.3) is 0 Å². The molecule has 0 aliphatic carbocycles. The Kier molecular flexibility index (Phi) is 13.9. The summed E-state index contributed by atoms with van der Waals surface area (Å²) in [6.07, 6.45) is 15.5. The zero-order chi connectivity index (χ0) is 19.7. The van der Waals surface area contributed by atoms with E-state index < -0.39 is 6.04 Å². The molecule has 1 atom stereocenters. The smallest absolute Gasteiger partial charge is 0.410 e. The van der Waals surface area contributed by atoms with E-state index in [1.165, 1.54) is 51.4 Å². The first-order valence-corrected chi connectivity index (χ1v) is 11.3. The number of amides is 1. The second-order valence-electron chi connectivity index (χ2n) is 7.67. The third-order valence-corrected chi connectivity index (χ3v) is 5.18. The molecule has 5 heteroatoms. The molecule has 0 N–H and O–H groups in total. The molecule has 0 aromatic carbocycles. The summed E-state index contributed by atoms with van der Waals surface area (Å²) in [5, 5.41) is 0. The minimum atomic E-state index is -0.466. The summed E-state index contributed by atoms with van der Waals surface area (Å²) in [6, 6.07) is -0.466. The van der Waals surface area contributed by atoms with Crippen molar-refractivity contribution in [3.8, 4) is 0 Å². The van der Waals surface area contributed by atoms with Crippen LogP contribution in [-0.2, 0) is 14.3 Å². The number of hydrogen-bond acceptors (Lipinski definition) is 4. The predicted octanol–water partition coefficient (Wildman–Crippen LogP) is 5.85. The fourth-order valence-corrected chi connectivity index (χ4v) is 3.53. The zero-order valence-electron chi connectivity index (χ0n) is 17.7. The van der Waals surface area contributed by atoms with Gasteiger partial charge < -0.3 is 9.47 Å². The number of ether oxygens (including phenoxy) is 2. The standard InChI is InChI=1S/C22H41NO4/c1-3-5-6-7-8-9-10-11-12-15-19-26-21(24)20-16-13-14-17-23(20)22(25)27-18-4-2/h20H,3-19H2,1-2H3. The van der Waals surface area contributed by atoms with Gasteiger partial charge in [-0.15, -0.1) is 0 Å². The van der Waals surface area contributed by atoms with Crippen molar-refractivity contribution >= 4 is 12.1 Å². The maximum absolute atomic E-state index is 12.4. The molecule has 1 rings (SSSR count). The van der Waals surface area contributed by atoms with Crippen molar-refractivity contribution in [3.05, 3.63) is 0 Å². The summed E-state index contributed by atoms with van der Waals surface area (Å²) in [7, 11) is 0. The van der Waals surface area contributed by atoms with Gasteiger partial charge in [-0.25, -0.2) is 9.59 Å². The van der Waals surface area contributed by atoms with Gasteiger partial charge in [-0.1, -0.05) is 71.6 Å². The molecule has 1 fully saturated rings. The van der Waals surface area contributed by atoms with Gasteiger partial charge in [-0.2, -0.15) is 0 Å². The number of rotatable bonds is 14. The maximum Gasteiger partial charge on any atom is 0.410 e. The fraction of sp³-hybridized carbons (Fsp3) is 0.909. The number of nitrogens with zero attached hydrogens (tertiary/aromatic N) is 1. The molecule has 0 spiro atoms. The van der Waals surface area contributed by atoms with E-state index >= 15 is 0 Å². The van der Waals surface area contributed by atoms with Gasteiger partial charge in [0.1, 0.15) is 6.04 Å². The number of likely N-dealkylation sites (tertiary alicyclic amines) is 1. The van der Waals surface area contributed by atoms with Crippen LogP contribution in [0.15, 0.2) is 0 Å². The van der Waals surface area contributed by atoms with Crippen molar-refractivity contribution < 1.29 is 19.1 Å². The Hall–Kier alpha value is -1.26. The van der Waals surface area contributed by atoms with E-state index in [4.69, 9.17) is 9.47 Å². The molecular weight excluding hydrogens is 342 g/mol. The Morgan fingerprint density at radius 1 is 0.778 bits per heavy atom. The molecule has 1 saturated heterocycles. The number of unbranched alkanes of at least 4 members (excludes halogenated alkanes) is 9. The lowest BCUT2D eigenvalue weighted by Gasteiger charge is -2.33. The van der Waals surface area contributed by atoms with Crippen LogP contribution in [0.2, 0.25) is 0 Å². The van der Waals surface area contributed by atoms with Crippen LogP contribution in [0.25, 0.3) is 0 Å². The first-order valence-electron chi connectivity index (χ1n) is 11.3. The molecule has 0 bridgehead atoms. The first-order chi connectivity index (χ1) is 13.2. The molecule has 1 aliphatic rings. The zero-order valence-corrected chi connectivity index (χ0v) is 17.7. The largest absolute Gasteiger partial charge is 0.464 e. The van der Waals surface area contributed by atoms with Crippen LogP contribution in [0.4, 0.5) is 4.79 Å². The Morgan fingerprint density at radius 2 is 1.41 bits per heavy atom. The van der Waals surface area contributed by atoms with Crippen LogP contribution in [-0.4, -0.2) is 42.8 Å². The molecule has 1 unspecified atom stereocenters. The second-order valence-corrected chi connectivity index (χ2v) is 7.67. The highest BCUT2D eigenvalue weighted by Crippen LogP contribution is 2.19. The molecule has 158 valence electrons. The molecule has 1 aliphatic heterocycles. The number of piperidine rings is 1. The molecule has 1 amide bonds. The van der Waals surface area contributed by atoms with Crippen LogP contribution >= 0.6 is 0 Å². The van der Waals surface area contributed by atoms with E-state index in [0.717, 1.165) is 32.1 Å². The fourth-order valence-electron chi connectivity index (χ4n) is 3.53. The van der Waals surface area contributed by atoms with Gasteiger partial charge in [-0.3, -0.25) is 4.90 Å². The number of esters is 1. The summed E-state index contributed by atoms with van der Waals surface area (Å²) in [6.45, 7) is 5.65. The van der Waals surface area contributed by atoms with E-state index in [1.54, 1.807) is 4.90 Å². The summed E-state index contributed by atoms with van der Waals surface area (Å²) in [5.41, 5.74) is 0. The molecule has 1 heterocycles. The Labute approximate surface area is 166 Å². The number of carbonyl (C=O) groups is 2. The van der Waals surface area contributed by atoms with Crippen molar-refractivity contribution in [1.29, 1.82) is 0 Å². The highest BCUT2D eigenvalue weighted by atomic mass is 16.6. The molecule has 0 radical (unpaired) electrons. The third kappa shape index (κ3) is 10.6. The molecule has 0 saturated carbocycles. The lowest BCUT2D eigenvalue weighted by atomic mass is 10.0. The maximum atomic E-state index is 12.4. The lowest BCUT2D eigenvalue weighted by Crippen LogP contribution is -2.49. The van der Waals surface area contributed by atoms with Crippen LogP contribution < -0.4 is 0 Å². The number of hydrogen-bond donors (Lipinski definition) is 0. The predicted molar refractivity (Wildman–Crippen MR) is 109 cm³/mol. The van der Waals surface area contributed by atoms with Crippen molar-refractivity contribution in [3.63, 3.8) is 0 Å². The van der Waals surface area contributed by atoms with E-state index in [2.05, 4.69) is 6.92 Å². The van der Waals surface area contributed by atoms with E-state index in [-0.39, 0.29) is 12.1 Å². The lowest BCUT2D eigenvalue weighted by molar-refractivity contribution is -0.150. The van der Waals surface area contributed by atoms with Crippen molar-refractivity contribution in [2.24, 2.45) is 0 Å². The second kappa shape index (κ2) is 15.8. The average Bonchev–Trinajstić information content (AvgIpc) is 2.70. The third-order valence-electron chi connectivity index (χ3n) is 5.18.